The molecular weight excluding hydrogens is 254 g/mol. The van der Waals surface area contributed by atoms with Gasteiger partial charge in [-0.15, -0.1) is 0 Å². The smallest absolute Gasteiger partial charge is 0.307 e. The fourth-order valence-electron chi connectivity index (χ4n) is 3.21. The van der Waals surface area contributed by atoms with Gasteiger partial charge in [-0.2, -0.15) is 0 Å². The van der Waals surface area contributed by atoms with E-state index in [-0.39, 0.29) is 11.8 Å². The van der Waals surface area contributed by atoms with Crippen LogP contribution in [0.3, 0.4) is 0 Å². The minimum Gasteiger partial charge on any atom is -0.481 e. The van der Waals surface area contributed by atoms with Crippen molar-refractivity contribution in [3.8, 4) is 0 Å². The molecule has 0 heterocycles. The lowest BCUT2D eigenvalue weighted by Gasteiger charge is -2.30. The molecule has 1 aliphatic rings. The molecule has 4 nitrogen and oxygen atoms in total. The van der Waals surface area contributed by atoms with Gasteiger partial charge < -0.3 is 10.0 Å². The van der Waals surface area contributed by atoms with Gasteiger partial charge in [-0.1, -0.05) is 34.6 Å². The summed E-state index contributed by atoms with van der Waals surface area (Å²) in [6.07, 6.45) is 1.34. The molecule has 0 spiro atoms. The number of amides is 1. The summed E-state index contributed by atoms with van der Waals surface area (Å²) < 4.78 is 0. The first kappa shape index (κ1) is 17.0. The first-order valence-corrected chi connectivity index (χ1v) is 7.73. The summed E-state index contributed by atoms with van der Waals surface area (Å²) in [6, 6.07) is 0. The maximum absolute atomic E-state index is 12.7. The van der Waals surface area contributed by atoms with Crippen molar-refractivity contribution in [2.24, 2.45) is 29.6 Å². The van der Waals surface area contributed by atoms with Crippen LogP contribution < -0.4 is 0 Å². The van der Waals surface area contributed by atoms with Crippen molar-refractivity contribution >= 4 is 11.9 Å². The summed E-state index contributed by atoms with van der Waals surface area (Å²) in [7, 11) is 0. The quantitative estimate of drug-likeness (QED) is 0.815. The molecule has 1 amide bonds. The SMILES string of the molecule is CC(C)CN(CC(C)C)C(=O)[C@H]1CC(C)C[C@H]1C(=O)O. The van der Waals surface area contributed by atoms with Crippen LogP contribution >= 0.6 is 0 Å². The summed E-state index contributed by atoms with van der Waals surface area (Å²) >= 11 is 0. The van der Waals surface area contributed by atoms with Gasteiger partial charge >= 0.3 is 5.97 Å². The van der Waals surface area contributed by atoms with Gasteiger partial charge in [0.2, 0.25) is 5.91 Å². The topological polar surface area (TPSA) is 57.6 Å². The van der Waals surface area contributed by atoms with E-state index in [2.05, 4.69) is 27.7 Å². The second-order valence-electron chi connectivity index (χ2n) is 7.16. The molecule has 1 N–H and O–H groups in total. The van der Waals surface area contributed by atoms with Gasteiger partial charge in [0.15, 0.2) is 0 Å². The van der Waals surface area contributed by atoms with Gasteiger partial charge in [-0.05, 0) is 30.6 Å². The maximum Gasteiger partial charge on any atom is 0.307 e. The second kappa shape index (κ2) is 7.09. The monoisotopic (exact) mass is 283 g/mol. The molecule has 1 unspecified atom stereocenters. The third kappa shape index (κ3) is 4.50. The summed E-state index contributed by atoms with van der Waals surface area (Å²) in [4.78, 5) is 26.0. The Morgan fingerprint density at radius 3 is 1.90 bits per heavy atom. The Morgan fingerprint density at radius 1 is 1.05 bits per heavy atom. The number of nitrogens with zero attached hydrogens (tertiary/aromatic N) is 1. The van der Waals surface area contributed by atoms with Gasteiger partial charge in [-0.25, -0.2) is 0 Å². The molecule has 1 fully saturated rings. The van der Waals surface area contributed by atoms with E-state index >= 15 is 0 Å². The summed E-state index contributed by atoms with van der Waals surface area (Å²) in [6.45, 7) is 11.8. The predicted molar refractivity (Wildman–Crippen MR) is 79.3 cm³/mol. The van der Waals surface area contributed by atoms with Crippen LogP contribution in [0.15, 0.2) is 0 Å². The van der Waals surface area contributed by atoms with Crippen LogP contribution in [-0.2, 0) is 9.59 Å². The normalized spacial score (nSPS) is 26.2. The summed E-state index contributed by atoms with van der Waals surface area (Å²) in [5, 5.41) is 9.33. The van der Waals surface area contributed by atoms with Crippen LogP contribution in [-0.4, -0.2) is 35.0 Å². The Bertz CT molecular complexity index is 342. The molecule has 3 atom stereocenters. The third-order valence-corrected chi connectivity index (χ3v) is 3.92. The zero-order chi connectivity index (χ0) is 15.4. The Kier molecular flexibility index (Phi) is 6.03. The molecular formula is C16H29NO3. The molecule has 20 heavy (non-hydrogen) atoms. The molecule has 0 bridgehead atoms. The molecule has 1 aliphatic carbocycles. The summed E-state index contributed by atoms with van der Waals surface area (Å²) in [5.41, 5.74) is 0. The molecule has 1 rings (SSSR count). The molecule has 0 aromatic rings. The van der Waals surface area contributed by atoms with Crippen LogP contribution in [0.4, 0.5) is 0 Å². The lowest BCUT2D eigenvalue weighted by atomic mass is 9.94. The first-order chi connectivity index (χ1) is 9.22. The lowest BCUT2D eigenvalue weighted by Crippen LogP contribution is -2.42. The van der Waals surface area contributed by atoms with Crippen molar-refractivity contribution in [1.82, 2.24) is 4.90 Å². The number of hydrogen-bond acceptors (Lipinski definition) is 2. The molecule has 0 aromatic carbocycles. The van der Waals surface area contributed by atoms with E-state index in [1.165, 1.54) is 0 Å². The minimum absolute atomic E-state index is 0.0455. The lowest BCUT2D eigenvalue weighted by molar-refractivity contribution is -0.149. The van der Waals surface area contributed by atoms with E-state index in [9.17, 15) is 14.7 Å². The second-order valence-corrected chi connectivity index (χ2v) is 7.16. The van der Waals surface area contributed by atoms with Crippen LogP contribution in [0.5, 0.6) is 0 Å². The van der Waals surface area contributed by atoms with Gasteiger partial charge in [0.25, 0.3) is 0 Å². The van der Waals surface area contributed by atoms with Crippen molar-refractivity contribution in [3.05, 3.63) is 0 Å². The van der Waals surface area contributed by atoms with Gasteiger partial charge in [0, 0.05) is 13.1 Å². The highest BCUT2D eigenvalue weighted by Gasteiger charge is 2.42. The fourth-order valence-corrected chi connectivity index (χ4v) is 3.21. The van der Waals surface area contributed by atoms with E-state index in [4.69, 9.17) is 0 Å². The average molecular weight is 283 g/mol. The highest BCUT2D eigenvalue weighted by molar-refractivity contribution is 5.85. The van der Waals surface area contributed by atoms with Gasteiger partial charge in [-0.3, -0.25) is 9.59 Å². The van der Waals surface area contributed by atoms with Crippen molar-refractivity contribution < 1.29 is 14.7 Å². The zero-order valence-electron chi connectivity index (χ0n) is 13.4. The van der Waals surface area contributed by atoms with Crippen LogP contribution in [0, 0.1) is 29.6 Å². The largest absolute Gasteiger partial charge is 0.481 e. The van der Waals surface area contributed by atoms with Crippen molar-refractivity contribution in [1.29, 1.82) is 0 Å². The Labute approximate surface area is 122 Å². The molecule has 116 valence electrons. The van der Waals surface area contributed by atoms with Crippen LogP contribution in [0.25, 0.3) is 0 Å². The highest BCUT2D eigenvalue weighted by atomic mass is 16.4. The Morgan fingerprint density at radius 2 is 1.50 bits per heavy atom. The zero-order valence-corrected chi connectivity index (χ0v) is 13.4. The van der Waals surface area contributed by atoms with E-state index < -0.39 is 11.9 Å². The predicted octanol–water partition coefficient (Wildman–Crippen LogP) is 2.87. The third-order valence-electron chi connectivity index (χ3n) is 3.92. The summed E-state index contributed by atoms with van der Waals surface area (Å²) in [5.74, 6) is -0.477. The number of carboxylic acids is 1. The number of carboxylic acid groups (broad SMARTS) is 1. The minimum atomic E-state index is -0.818. The first-order valence-electron chi connectivity index (χ1n) is 7.73. The van der Waals surface area contributed by atoms with Crippen LogP contribution in [0.2, 0.25) is 0 Å². The molecule has 4 heteroatoms. The Hall–Kier alpha value is -1.06. The average Bonchev–Trinajstić information content (AvgIpc) is 2.68. The van der Waals surface area contributed by atoms with Crippen molar-refractivity contribution in [2.75, 3.05) is 13.1 Å². The number of carbonyl (C=O) groups excluding carboxylic acids is 1. The standard InChI is InChI=1S/C16H29NO3/c1-10(2)8-17(9-11(3)4)15(18)13-6-12(5)7-14(13)16(19)20/h10-14H,6-9H2,1-5H3,(H,19,20)/t12?,13-,14+/m0/s1. The molecule has 0 aliphatic heterocycles. The number of aliphatic carboxylic acids is 1. The molecule has 0 aromatic heterocycles. The number of carbonyl (C=O) groups is 2. The van der Waals surface area contributed by atoms with E-state index in [0.717, 1.165) is 0 Å². The molecule has 0 saturated heterocycles. The highest BCUT2D eigenvalue weighted by Crippen LogP contribution is 2.37. The van der Waals surface area contributed by atoms with Gasteiger partial charge in [0.1, 0.15) is 0 Å². The molecule has 1 saturated carbocycles. The molecule has 0 radical (unpaired) electrons. The van der Waals surface area contributed by atoms with Crippen molar-refractivity contribution in [3.63, 3.8) is 0 Å². The number of rotatable bonds is 6. The van der Waals surface area contributed by atoms with E-state index in [0.29, 0.717) is 43.7 Å². The van der Waals surface area contributed by atoms with E-state index in [1.807, 2.05) is 11.8 Å². The fraction of sp³-hybridized carbons (Fsp3) is 0.875. The van der Waals surface area contributed by atoms with Crippen molar-refractivity contribution in [2.45, 2.75) is 47.5 Å². The van der Waals surface area contributed by atoms with Crippen LogP contribution in [0.1, 0.15) is 47.5 Å². The van der Waals surface area contributed by atoms with Gasteiger partial charge in [0.05, 0.1) is 11.8 Å². The Balaban J connectivity index is 2.84. The number of hydrogen-bond donors (Lipinski definition) is 1. The van der Waals surface area contributed by atoms with E-state index in [1.54, 1.807) is 0 Å². The maximum atomic E-state index is 12.7.